The van der Waals surface area contributed by atoms with E-state index >= 15 is 0 Å². The zero-order valence-corrected chi connectivity index (χ0v) is 18.6. The van der Waals surface area contributed by atoms with Crippen molar-refractivity contribution in [2.75, 3.05) is 0 Å². The molecule has 0 radical (unpaired) electrons. The fourth-order valence-electron chi connectivity index (χ4n) is 3.20. The molecular weight excluding hydrogens is 422 g/mol. The second kappa shape index (κ2) is 9.70. The van der Waals surface area contributed by atoms with Crippen molar-refractivity contribution < 1.29 is 9.21 Å². The molecule has 7 heteroatoms. The monoisotopic (exact) mass is 445 g/mol. The quantitative estimate of drug-likeness (QED) is 0.448. The van der Waals surface area contributed by atoms with Gasteiger partial charge in [-0.3, -0.25) is 9.59 Å². The third-order valence-electron chi connectivity index (χ3n) is 4.86. The van der Waals surface area contributed by atoms with Gasteiger partial charge in [-0.25, -0.2) is 0 Å². The minimum atomic E-state index is -0.234. The maximum atomic E-state index is 12.6. The Morgan fingerprint density at radius 3 is 2.50 bits per heavy atom. The third kappa shape index (κ3) is 5.36. The van der Waals surface area contributed by atoms with E-state index in [1.54, 1.807) is 36.6 Å². The number of amides is 1. The van der Waals surface area contributed by atoms with Crippen LogP contribution in [0.15, 0.2) is 98.2 Å². The summed E-state index contributed by atoms with van der Waals surface area (Å²) < 4.78 is 6.67. The lowest BCUT2D eigenvalue weighted by Crippen LogP contribution is -2.34. The highest BCUT2D eigenvalue weighted by atomic mass is 32.2. The van der Waals surface area contributed by atoms with Crippen LogP contribution in [0.5, 0.6) is 0 Å². The molecule has 2 heterocycles. The number of benzene rings is 2. The molecule has 2 aromatic carbocycles. The Balaban J connectivity index is 1.46. The molecule has 0 aliphatic heterocycles. The average molecular weight is 446 g/mol. The molecule has 1 N–H and O–H groups in total. The van der Waals surface area contributed by atoms with Crippen LogP contribution in [-0.4, -0.2) is 21.7 Å². The van der Waals surface area contributed by atoms with E-state index in [2.05, 4.69) is 10.4 Å². The largest absolute Gasteiger partial charge is 0.469 e. The van der Waals surface area contributed by atoms with Gasteiger partial charge < -0.3 is 9.73 Å². The van der Waals surface area contributed by atoms with Crippen molar-refractivity contribution >= 4 is 17.7 Å². The predicted molar refractivity (Wildman–Crippen MR) is 124 cm³/mol. The summed E-state index contributed by atoms with van der Waals surface area (Å²) in [6, 6.07) is 21.8. The van der Waals surface area contributed by atoms with E-state index in [-0.39, 0.29) is 17.5 Å². The van der Waals surface area contributed by atoms with Gasteiger partial charge >= 0.3 is 0 Å². The smallest absolute Gasteiger partial charge is 0.271 e. The number of aryl methyl sites for hydroxylation is 1. The van der Waals surface area contributed by atoms with Crippen LogP contribution in [0.1, 0.15) is 28.6 Å². The topological polar surface area (TPSA) is 77.1 Å². The number of rotatable bonds is 7. The number of carbonyl (C=O) groups is 1. The number of furan rings is 1. The highest BCUT2D eigenvalue weighted by Gasteiger charge is 2.12. The van der Waals surface area contributed by atoms with E-state index in [4.69, 9.17) is 4.42 Å². The fraction of sp³-hybridized carbons (Fsp3) is 0.160. The number of carbonyl (C=O) groups excluding carboxylic acids is 1. The van der Waals surface area contributed by atoms with Crippen molar-refractivity contribution in [2.24, 2.45) is 0 Å². The average Bonchev–Trinajstić information content (AvgIpc) is 3.29. The molecule has 4 rings (SSSR count). The molecule has 0 saturated heterocycles. The van der Waals surface area contributed by atoms with E-state index in [0.717, 1.165) is 10.7 Å². The molecule has 0 aliphatic carbocycles. The molecule has 1 amide bonds. The van der Waals surface area contributed by atoms with Crippen LogP contribution in [0.4, 0.5) is 0 Å². The molecule has 0 spiro atoms. The van der Waals surface area contributed by atoms with Crippen LogP contribution in [0.3, 0.4) is 0 Å². The van der Waals surface area contributed by atoms with Gasteiger partial charge in [-0.05, 0) is 68.4 Å². The van der Waals surface area contributed by atoms with Crippen molar-refractivity contribution in [1.82, 2.24) is 15.1 Å². The summed E-state index contributed by atoms with van der Waals surface area (Å²) >= 11 is 1.49. The first-order chi connectivity index (χ1) is 15.5. The summed E-state index contributed by atoms with van der Waals surface area (Å²) in [6.45, 7) is 3.96. The molecule has 0 fully saturated rings. The van der Waals surface area contributed by atoms with Gasteiger partial charge in [-0.2, -0.15) is 9.78 Å². The SMILES string of the molecule is Cc1ccc(Sc2ccc(=O)n(-c3ccc(C(=O)NC(C)Cc4ccco4)cc3)n2)cc1. The first kappa shape index (κ1) is 21.6. The summed E-state index contributed by atoms with van der Waals surface area (Å²) in [5.41, 5.74) is 2.06. The van der Waals surface area contributed by atoms with Gasteiger partial charge in [-0.1, -0.05) is 29.5 Å². The summed E-state index contributed by atoms with van der Waals surface area (Å²) in [5, 5.41) is 8.15. The number of nitrogens with one attached hydrogen (secondary N) is 1. The number of nitrogens with zero attached hydrogens (tertiary/aromatic N) is 2. The molecule has 162 valence electrons. The Hall–Kier alpha value is -3.58. The highest BCUT2D eigenvalue weighted by molar-refractivity contribution is 7.99. The highest BCUT2D eigenvalue weighted by Crippen LogP contribution is 2.25. The lowest BCUT2D eigenvalue weighted by molar-refractivity contribution is 0.0939. The summed E-state index contributed by atoms with van der Waals surface area (Å²) in [7, 11) is 0. The van der Waals surface area contributed by atoms with E-state index in [9.17, 15) is 9.59 Å². The van der Waals surface area contributed by atoms with Crippen LogP contribution in [0, 0.1) is 6.92 Å². The second-order valence-electron chi connectivity index (χ2n) is 7.54. The van der Waals surface area contributed by atoms with Crippen LogP contribution >= 0.6 is 11.8 Å². The molecule has 2 aromatic heterocycles. The maximum absolute atomic E-state index is 12.6. The first-order valence-corrected chi connectivity index (χ1v) is 11.1. The fourth-order valence-corrected chi connectivity index (χ4v) is 3.98. The van der Waals surface area contributed by atoms with Crippen LogP contribution in [-0.2, 0) is 6.42 Å². The zero-order chi connectivity index (χ0) is 22.5. The summed E-state index contributed by atoms with van der Waals surface area (Å²) in [6.07, 6.45) is 2.23. The Morgan fingerprint density at radius 1 is 1.06 bits per heavy atom. The van der Waals surface area contributed by atoms with Gasteiger partial charge in [0.15, 0.2) is 0 Å². The standard InChI is InChI=1S/C25H23N3O3S/c1-17-5-11-22(12-6-17)32-23-13-14-24(29)28(27-23)20-9-7-19(8-10-20)25(30)26-18(2)16-21-4-3-15-31-21/h3-15,18H,16H2,1-2H3,(H,26,30). The Morgan fingerprint density at radius 2 is 1.81 bits per heavy atom. The number of aromatic nitrogens is 2. The van der Waals surface area contributed by atoms with Crippen molar-refractivity contribution in [3.05, 3.63) is 106 Å². The van der Waals surface area contributed by atoms with E-state index < -0.39 is 0 Å². The Bertz CT molecular complexity index is 1250. The van der Waals surface area contributed by atoms with E-state index in [1.807, 2.05) is 50.2 Å². The minimum absolute atomic E-state index is 0.0758. The van der Waals surface area contributed by atoms with Gasteiger partial charge in [0, 0.05) is 29.0 Å². The molecule has 0 bridgehead atoms. The van der Waals surface area contributed by atoms with Gasteiger partial charge in [-0.15, -0.1) is 0 Å². The van der Waals surface area contributed by atoms with E-state index in [0.29, 0.717) is 22.7 Å². The molecular formula is C25H23N3O3S. The first-order valence-electron chi connectivity index (χ1n) is 10.3. The molecule has 6 nitrogen and oxygen atoms in total. The summed E-state index contributed by atoms with van der Waals surface area (Å²) in [4.78, 5) is 26.0. The second-order valence-corrected chi connectivity index (χ2v) is 8.64. The van der Waals surface area contributed by atoms with Crippen molar-refractivity contribution in [2.45, 2.75) is 36.2 Å². The zero-order valence-electron chi connectivity index (χ0n) is 17.8. The Labute approximate surface area is 190 Å². The number of hydrogen-bond acceptors (Lipinski definition) is 5. The van der Waals surface area contributed by atoms with Gasteiger partial charge in [0.1, 0.15) is 10.8 Å². The lowest BCUT2D eigenvalue weighted by atomic mass is 10.1. The molecule has 32 heavy (non-hydrogen) atoms. The Kier molecular flexibility index (Phi) is 6.56. The molecule has 0 aliphatic rings. The molecule has 0 saturated carbocycles. The van der Waals surface area contributed by atoms with Crippen LogP contribution in [0.2, 0.25) is 0 Å². The summed E-state index contributed by atoms with van der Waals surface area (Å²) in [5.74, 6) is 0.640. The van der Waals surface area contributed by atoms with Crippen LogP contribution < -0.4 is 10.9 Å². The third-order valence-corrected chi connectivity index (χ3v) is 5.79. The van der Waals surface area contributed by atoms with Crippen molar-refractivity contribution in [3.63, 3.8) is 0 Å². The lowest BCUT2D eigenvalue weighted by Gasteiger charge is -2.13. The molecule has 1 atom stereocenters. The normalized spacial score (nSPS) is 11.8. The molecule has 1 unspecified atom stereocenters. The van der Waals surface area contributed by atoms with Crippen LogP contribution in [0.25, 0.3) is 5.69 Å². The van der Waals surface area contributed by atoms with E-state index in [1.165, 1.54) is 28.1 Å². The van der Waals surface area contributed by atoms with Gasteiger partial charge in [0.05, 0.1) is 12.0 Å². The maximum Gasteiger partial charge on any atom is 0.271 e. The van der Waals surface area contributed by atoms with Gasteiger partial charge in [0.2, 0.25) is 0 Å². The van der Waals surface area contributed by atoms with Crippen molar-refractivity contribution in [1.29, 1.82) is 0 Å². The predicted octanol–water partition coefficient (Wildman–Crippen LogP) is 4.65. The van der Waals surface area contributed by atoms with Crippen molar-refractivity contribution in [3.8, 4) is 5.69 Å². The minimum Gasteiger partial charge on any atom is -0.469 e. The molecule has 4 aromatic rings. The van der Waals surface area contributed by atoms with Gasteiger partial charge in [0.25, 0.3) is 11.5 Å². The number of hydrogen-bond donors (Lipinski definition) is 1.